The molecule has 0 aromatic heterocycles. The Kier molecular flexibility index (Phi) is 3.51. The molecule has 0 spiro atoms. The maximum atomic E-state index is 13.0. The molecule has 106 valence electrons. The van der Waals surface area contributed by atoms with Gasteiger partial charge in [-0.2, -0.15) is 13.2 Å². The number of hydrogen-bond donors (Lipinski definition) is 1. The molecule has 2 rings (SSSR count). The molecule has 1 aromatic carbocycles. The van der Waals surface area contributed by atoms with Crippen molar-refractivity contribution in [2.24, 2.45) is 0 Å². The summed E-state index contributed by atoms with van der Waals surface area (Å²) in [6, 6.07) is 3.79. The molecule has 5 heteroatoms. The number of ether oxygens (including phenoxy) is 1. The molecule has 0 amide bonds. The van der Waals surface area contributed by atoms with Crippen LogP contribution in [0.3, 0.4) is 0 Å². The van der Waals surface area contributed by atoms with E-state index in [0.717, 1.165) is 6.07 Å². The fourth-order valence-corrected chi connectivity index (χ4v) is 2.56. The Bertz CT molecular complexity index is 464. The van der Waals surface area contributed by atoms with Gasteiger partial charge in [-0.3, -0.25) is 0 Å². The Labute approximate surface area is 110 Å². The molecule has 0 unspecified atom stereocenters. The molecule has 1 aliphatic rings. The fourth-order valence-electron chi connectivity index (χ4n) is 2.56. The van der Waals surface area contributed by atoms with Gasteiger partial charge in [-0.15, -0.1) is 0 Å². The van der Waals surface area contributed by atoms with Crippen molar-refractivity contribution in [1.29, 1.82) is 0 Å². The van der Waals surface area contributed by atoms with E-state index in [1.807, 2.05) is 13.8 Å². The molecule has 0 saturated carbocycles. The third-order valence-corrected chi connectivity index (χ3v) is 3.88. The van der Waals surface area contributed by atoms with Crippen molar-refractivity contribution in [3.05, 3.63) is 29.3 Å². The molecule has 1 aliphatic heterocycles. The quantitative estimate of drug-likeness (QED) is 0.880. The first-order valence-corrected chi connectivity index (χ1v) is 6.40. The summed E-state index contributed by atoms with van der Waals surface area (Å²) in [5.74, 6) is -0.211. The van der Waals surface area contributed by atoms with Crippen LogP contribution in [-0.2, 0) is 6.18 Å². The standard InChI is InChI=1S/C14H17F3O2/c1-3-13(4-2)8-11(18)9-6-5-7-10(12(9)19-13)14(15,16)17/h5-7,11,18H,3-4,8H2,1-2H3/t11-/m0/s1. The zero-order valence-corrected chi connectivity index (χ0v) is 10.9. The number of para-hydroxylation sites is 1. The van der Waals surface area contributed by atoms with Gasteiger partial charge >= 0.3 is 6.18 Å². The van der Waals surface area contributed by atoms with Crippen molar-refractivity contribution in [2.45, 2.75) is 51.0 Å². The van der Waals surface area contributed by atoms with Gasteiger partial charge in [0.2, 0.25) is 0 Å². The van der Waals surface area contributed by atoms with Gasteiger partial charge in [-0.1, -0.05) is 26.0 Å². The van der Waals surface area contributed by atoms with Crippen LogP contribution in [-0.4, -0.2) is 10.7 Å². The monoisotopic (exact) mass is 274 g/mol. The number of hydrogen-bond acceptors (Lipinski definition) is 2. The first kappa shape index (κ1) is 14.2. The predicted molar refractivity (Wildman–Crippen MR) is 65.0 cm³/mol. The SMILES string of the molecule is CCC1(CC)C[C@H](O)c2cccc(C(F)(F)F)c2O1. The minimum atomic E-state index is -4.48. The Hall–Kier alpha value is -1.23. The zero-order valence-electron chi connectivity index (χ0n) is 10.9. The van der Waals surface area contributed by atoms with Crippen LogP contribution < -0.4 is 4.74 Å². The second-order valence-corrected chi connectivity index (χ2v) is 4.93. The largest absolute Gasteiger partial charge is 0.486 e. The first-order chi connectivity index (χ1) is 8.83. The van der Waals surface area contributed by atoms with E-state index in [0.29, 0.717) is 19.3 Å². The van der Waals surface area contributed by atoms with Crippen molar-refractivity contribution in [2.75, 3.05) is 0 Å². The lowest BCUT2D eigenvalue weighted by atomic mass is 9.84. The lowest BCUT2D eigenvalue weighted by Gasteiger charge is -2.40. The molecule has 0 aliphatic carbocycles. The van der Waals surface area contributed by atoms with Crippen molar-refractivity contribution in [3.63, 3.8) is 0 Å². The van der Waals surface area contributed by atoms with Crippen LogP contribution >= 0.6 is 0 Å². The summed E-state index contributed by atoms with van der Waals surface area (Å²) >= 11 is 0. The van der Waals surface area contributed by atoms with E-state index in [-0.39, 0.29) is 11.3 Å². The molecular weight excluding hydrogens is 257 g/mol. The third-order valence-electron chi connectivity index (χ3n) is 3.88. The molecule has 19 heavy (non-hydrogen) atoms. The number of rotatable bonds is 2. The molecule has 1 N–H and O–H groups in total. The lowest BCUT2D eigenvalue weighted by Crippen LogP contribution is -2.40. The maximum absolute atomic E-state index is 13.0. The van der Waals surface area contributed by atoms with Crippen LogP contribution in [0.25, 0.3) is 0 Å². The van der Waals surface area contributed by atoms with Gasteiger partial charge < -0.3 is 9.84 Å². The van der Waals surface area contributed by atoms with Crippen LogP contribution in [0, 0.1) is 0 Å². The molecule has 1 heterocycles. The van der Waals surface area contributed by atoms with Crippen molar-refractivity contribution < 1.29 is 23.0 Å². The normalized spacial score (nSPS) is 21.7. The molecular formula is C14H17F3O2. The summed E-state index contributed by atoms with van der Waals surface area (Å²) < 4.78 is 44.7. The summed E-state index contributed by atoms with van der Waals surface area (Å²) in [6.07, 6.45) is -3.94. The molecule has 1 atom stereocenters. The highest BCUT2D eigenvalue weighted by Crippen LogP contribution is 2.48. The predicted octanol–water partition coefficient (Wildman–Crippen LogP) is 4.08. The van der Waals surface area contributed by atoms with Gasteiger partial charge in [0.1, 0.15) is 11.4 Å². The van der Waals surface area contributed by atoms with E-state index in [9.17, 15) is 18.3 Å². The molecule has 0 saturated heterocycles. The molecule has 2 nitrogen and oxygen atoms in total. The summed E-state index contributed by atoms with van der Waals surface area (Å²) in [6.45, 7) is 3.72. The maximum Gasteiger partial charge on any atom is 0.419 e. The number of aliphatic hydroxyl groups is 1. The number of benzene rings is 1. The summed E-state index contributed by atoms with van der Waals surface area (Å²) in [4.78, 5) is 0. The van der Waals surface area contributed by atoms with Crippen LogP contribution in [0.4, 0.5) is 13.2 Å². The smallest absolute Gasteiger partial charge is 0.419 e. The number of halogens is 3. The number of aliphatic hydroxyl groups excluding tert-OH is 1. The van der Waals surface area contributed by atoms with Gasteiger partial charge in [-0.05, 0) is 18.9 Å². The minimum absolute atomic E-state index is 0.211. The average molecular weight is 274 g/mol. The highest BCUT2D eigenvalue weighted by molar-refractivity contribution is 5.46. The van der Waals surface area contributed by atoms with E-state index in [1.165, 1.54) is 12.1 Å². The molecule has 0 fully saturated rings. The summed E-state index contributed by atoms with van der Waals surface area (Å²) in [7, 11) is 0. The van der Waals surface area contributed by atoms with E-state index < -0.39 is 23.4 Å². The third kappa shape index (κ3) is 2.43. The Morgan fingerprint density at radius 3 is 2.47 bits per heavy atom. The highest BCUT2D eigenvalue weighted by atomic mass is 19.4. The van der Waals surface area contributed by atoms with Gasteiger partial charge in [0.15, 0.2) is 0 Å². The van der Waals surface area contributed by atoms with Crippen LogP contribution in [0.2, 0.25) is 0 Å². The second kappa shape index (κ2) is 4.71. The van der Waals surface area contributed by atoms with Crippen LogP contribution in [0.1, 0.15) is 50.3 Å². The van der Waals surface area contributed by atoms with E-state index in [2.05, 4.69) is 0 Å². The average Bonchev–Trinajstić information content (AvgIpc) is 2.36. The van der Waals surface area contributed by atoms with Gasteiger partial charge in [-0.25, -0.2) is 0 Å². The molecule has 0 bridgehead atoms. The summed E-state index contributed by atoms with van der Waals surface area (Å²) in [5, 5.41) is 10.1. The Morgan fingerprint density at radius 2 is 1.95 bits per heavy atom. The molecule has 1 aromatic rings. The van der Waals surface area contributed by atoms with Crippen LogP contribution in [0.5, 0.6) is 5.75 Å². The molecule has 0 radical (unpaired) electrons. The lowest BCUT2D eigenvalue weighted by molar-refractivity contribution is -0.141. The zero-order chi connectivity index (χ0) is 14.3. The van der Waals surface area contributed by atoms with Gasteiger partial charge in [0.25, 0.3) is 0 Å². The van der Waals surface area contributed by atoms with Gasteiger partial charge in [0, 0.05) is 12.0 Å². The van der Waals surface area contributed by atoms with Crippen molar-refractivity contribution in [3.8, 4) is 5.75 Å². The van der Waals surface area contributed by atoms with Crippen molar-refractivity contribution in [1.82, 2.24) is 0 Å². The Morgan fingerprint density at radius 1 is 1.32 bits per heavy atom. The topological polar surface area (TPSA) is 29.5 Å². The van der Waals surface area contributed by atoms with Crippen LogP contribution in [0.15, 0.2) is 18.2 Å². The number of alkyl halides is 3. The second-order valence-electron chi connectivity index (χ2n) is 4.93. The van der Waals surface area contributed by atoms with Gasteiger partial charge in [0.05, 0.1) is 11.7 Å². The minimum Gasteiger partial charge on any atom is -0.486 e. The van der Waals surface area contributed by atoms with Crippen molar-refractivity contribution >= 4 is 0 Å². The van der Waals surface area contributed by atoms with E-state index in [1.54, 1.807) is 0 Å². The Balaban J connectivity index is 2.55. The van der Waals surface area contributed by atoms with E-state index in [4.69, 9.17) is 4.74 Å². The fraction of sp³-hybridized carbons (Fsp3) is 0.571. The van der Waals surface area contributed by atoms with E-state index >= 15 is 0 Å². The summed E-state index contributed by atoms with van der Waals surface area (Å²) in [5.41, 5.74) is -1.30. The highest BCUT2D eigenvalue weighted by Gasteiger charge is 2.43. The number of fused-ring (bicyclic) bond motifs is 1. The first-order valence-electron chi connectivity index (χ1n) is 6.40.